The van der Waals surface area contributed by atoms with Crippen molar-refractivity contribution < 1.29 is 9.59 Å². The van der Waals surface area contributed by atoms with E-state index < -0.39 is 0 Å². The van der Waals surface area contributed by atoms with E-state index in [0.717, 1.165) is 19.4 Å². The Balaban J connectivity index is 1.68. The number of amides is 2. The van der Waals surface area contributed by atoms with Crippen molar-refractivity contribution in [3.63, 3.8) is 0 Å². The number of carbonyl (C=O) groups is 2. The second kappa shape index (κ2) is 8.48. The maximum absolute atomic E-state index is 12.5. The van der Waals surface area contributed by atoms with Crippen molar-refractivity contribution in [2.24, 2.45) is 0 Å². The minimum atomic E-state index is -0.257. The fourth-order valence-electron chi connectivity index (χ4n) is 3.21. The number of benzene rings is 1. The minimum Gasteiger partial charge on any atom is -0.342 e. The Morgan fingerprint density at radius 1 is 1.30 bits per heavy atom. The summed E-state index contributed by atoms with van der Waals surface area (Å²) in [5.41, 5.74) is 1.73. The molecule has 2 amide bonds. The van der Waals surface area contributed by atoms with E-state index in [4.69, 9.17) is 11.6 Å². The predicted octanol–water partition coefficient (Wildman–Crippen LogP) is 3.81. The average Bonchev–Trinajstić information content (AvgIpc) is 3.14. The van der Waals surface area contributed by atoms with Gasteiger partial charge in [0.1, 0.15) is 5.82 Å². The van der Waals surface area contributed by atoms with E-state index >= 15 is 0 Å². The standard InChI is InChI=1S/C20H23ClN4O2/c1-3-4-18(26)25-10-9-14(12-25)19-22-11-17(13(2)23-19)20(27)24-16-7-5-15(21)6-8-16/h5-8,11,14H,3-4,9-10,12H2,1-2H3,(H,24,27)/t14-/m0/s1. The first kappa shape index (κ1) is 19.3. The highest BCUT2D eigenvalue weighted by molar-refractivity contribution is 6.30. The molecule has 27 heavy (non-hydrogen) atoms. The van der Waals surface area contributed by atoms with Crippen LogP contribution in [0.1, 0.15) is 54.0 Å². The van der Waals surface area contributed by atoms with Gasteiger partial charge in [-0.2, -0.15) is 0 Å². The molecule has 1 aromatic heterocycles. The van der Waals surface area contributed by atoms with Crippen LogP contribution in [-0.2, 0) is 4.79 Å². The molecule has 0 aliphatic carbocycles. The summed E-state index contributed by atoms with van der Waals surface area (Å²) in [6.45, 7) is 5.20. The van der Waals surface area contributed by atoms with Gasteiger partial charge in [-0.1, -0.05) is 18.5 Å². The van der Waals surface area contributed by atoms with E-state index in [-0.39, 0.29) is 17.7 Å². The summed E-state index contributed by atoms with van der Waals surface area (Å²) in [7, 11) is 0. The van der Waals surface area contributed by atoms with Crippen molar-refractivity contribution in [1.29, 1.82) is 0 Å². The molecule has 3 rings (SSSR count). The molecule has 0 radical (unpaired) electrons. The molecular weight excluding hydrogens is 364 g/mol. The molecule has 1 N–H and O–H groups in total. The van der Waals surface area contributed by atoms with Crippen LogP contribution in [0.15, 0.2) is 30.5 Å². The highest BCUT2D eigenvalue weighted by atomic mass is 35.5. The third-order valence-electron chi connectivity index (χ3n) is 4.71. The van der Waals surface area contributed by atoms with Gasteiger partial charge in [0.15, 0.2) is 0 Å². The van der Waals surface area contributed by atoms with Gasteiger partial charge < -0.3 is 10.2 Å². The van der Waals surface area contributed by atoms with Crippen molar-refractivity contribution in [3.8, 4) is 0 Å². The molecule has 6 nitrogen and oxygen atoms in total. The zero-order valence-corrected chi connectivity index (χ0v) is 16.3. The van der Waals surface area contributed by atoms with Crippen molar-refractivity contribution in [2.45, 2.75) is 39.0 Å². The van der Waals surface area contributed by atoms with Crippen molar-refractivity contribution in [2.75, 3.05) is 18.4 Å². The Kier molecular flexibility index (Phi) is 6.06. The molecule has 2 heterocycles. The highest BCUT2D eigenvalue weighted by Crippen LogP contribution is 2.26. The van der Waals surface area contributed by atoms with Crippen LogP contribution in [0.2, 0.25) is 5.02 Å². The smallest absolute Gasteiger partial charge is 0.259 e. The Labute approximate surface area is 164 Å². The number of rotatable bonds is 5. The first-order valence-electron chi connectivity index (χ1n) is 9.16. The third-order valence-corrected chi connectivity index (χ3v) is 4.97. The molecule has 2 aromatic rings. The maximum atomic E-state index is 12.5. The molecule has 1 aromatic carbocycles. The van der Waals surface area contributed by atoms with E-state index in [9.17, 15) is 9.59 Å². The first-order chi connectivity index (χ1) is 13.0. The van der Waals surface area contributed by atoms with Gasteiger partial charge in [-0.3, -0.25) is 9.59 Å². The molecule has 1 aliphatic rings. The molecule has 7 heteroatoms. The summed E-state index contributed by atoms with van der Waals surface area (Å²) in [5.74, 6) is 0.753. The quantitative estimate of drug-likeness (QED) is 0.847. The number of aromatic nitrogens is 2. The molecule has 0 unspecified atom stereocenters. The fourth-order valence-corrected chi connectivity index (χ4v) is 3.33. The molecule has 1 atom stereocenters. The van der Waals surface area contributed by atoms with E-state index in [1.807, 2.05) is 11.8 Å². The lowest BCUT2D eigenvalue weighted by molar-refractivity contribution is -0.130. The van der Waals surface area contributed by atoms with Gasteiger partial charge in [0, 0.05) is 42.3 Å². The minimum absolute atomic E-state index is 0.123. The van der Waals surface area contributed by atoms with Gasteiger partial charge in [0.25, 0.3) is 5.91 Å². The van der Waals surface area contributed by atoms with Crippen LogP contribution >= 0.6 is 11.6 Å². The second-order valence-corrected chi connectivity index (χ2v) is 7.20. The molecule has 0 bridgehead atoms. The van der Waals surface area contributed by atoms with Crippen molar-refractivity contribution >= 4 is 29.1 Å². The topological polar surface area (TPSA) is 75.2 Å². The van der Waals surface area contributed by atoms with Gasteiger partial charge in [-0.05, 0) is 44.0 Å². The largest absolute Gasteiger partial charge is 0.342 e. The molecule has 0 saturated carbocycles. The van der Waals surface area contributed by atoms with Crippen LogP contribution in [0, 0.1) is 6.92 Å². The lowest BCUT2D eigenvalue weighted by atomic mass is 10.1. The Morgan fingerprint density at radius 3 is 2.70 bits per heavy atom. The summed E-state index contributed by atoms with van der Waals surface area (Å²) in [6, 6.07) is 6.92. The maximum Gasteiger partial charge on any atom is 0.259 e. The van der Waals surface area contributed by atoms with Gasteiger partial charge >= 0.3 is 0 Å². The molecule has 142 valence electrons. The third kappa shape index (κ3) is 4.63. The number of anilines is 1. The summed E-state index contributed by atoms with van der Waals surface area (Å²) in [5, 5.41) is 3.43. The molecule has 0 spiro atoms. The Morgan fingerprint density at radius 2 is 2.04 bits per heavy atom. The van der Waals surface area contributed by atoms with Crippen LogP contribution in [0.3, 0.4) is 0 Å². The van der Waals surface area contributed by atoms with Crippen LogP contribution in [0.4, 0.5) is 5.69 Å². The monoisotopic (exact) mass is 386 g/mol. The van der Waals surface area contributed by atoms with E-state index in [1.165, 1.54) is 0 Å². The molecule has 1 aliphatic heterocycles. The number of nitrogens with one attached hydrogen (secondary N) is 1. The SMILES string of the molecule is CCCC(=O)N1CC[C@H](c2ncc(C(=O)Nc3ccc(Cl)cc3)c(C)n2)C1. The summed E-state index contributed by atoms with van der Waals surface area (Å²) in [6.07, 6.45) is 3.86. The number of hydrogen-bond acceptors (Lipinski definition) is 4. The molecule has 1 fully saturated rings. The van der Waals surface area contributed by atoms with Crippen LogP contribution in [-0.4, -0.2) is 39.8 Å². The normalized spacial score (nSPS) is 16.4. The van der Waals surface area contributed by atoms with Crippen LogP contribution in [0.5, 0.6) is 0 Å². The Bertz CT molecular complexity index is 838. The molecular formula is C20H23ClN4O2. The van der Waals surface area contributed by atoms with E-state index in [0.29, 0.717) is 40.8 Å². The van der Waals surface area contributed by atoms with Gasteiger partial charge in [0.05, 0.1) is 11.3 Å². The second-order valence-electron chi connectivity index (χ2n) is 6.76. The Hall–Kier alpha value is -2.47. The first-order valence-corrected chi connectivity index (χ1v) is 9.54. The number of likely N-dealkylation sites (tertiary alicyclic amines) is 1. The molecule has 1 saturated heterocycles. The van der Waals surface area contributed by atoms with Crippen molar-refractivity contribution in [1.82, 2.24) is 14.9 Å². The number of aryl methyl sites for hydroxylation is 1. The zero-order chi connectivity index (χ0) is 19.4. The van der Waals surface area contributed by atoms with E-state index in [2.05, 4.69) is 15.3 Å². The number of halogens is 1. The van der Waals surface area contributed by atoms with Crippen molar-refractivity contribution in [3.05, 3.63) is 52.6 Å². The predicted molar refractivity (Wildman–Crippen MR) is 105 cm³/mol. The average molecular weight is 387 g/mol. The van der Waals surface area contributed by atoms with Gasteiger partial charge in [-0.25, -0.2) is 9.97 Å². The zero-order valence-electron chi connectivity index (χ0n) is 15.5. The highest BCUT2D eigenvalue weighted by Gasteiger charge is 2.29. The van der Waals surface area contributed by atoms with Gasteiger partial charge in [-0.15, -0.1) is 0 Å². The fraction of sp³-hybridized carbons (Fsp3) is 0.400. The summed E-state index contributed by atoms with van der Waals surface area (Å²) < 4.78 is 0. The summed E-state index contributed by atoms with van der Waals surface area (Å²) in [4.78, 5) is 35.4. The van der Waals surface area contributed by atoms with Crippen LogP contribution < -0.4 is 5.32 Å². The number of nitrogens with zero attached hydrogens (tertiary/aromatic N) is 3. The van der Waals surface area contributed by atoms with Gasteiger partial charge in [0.2, 0.25) is 5.91 Å². The lowest BCUT2D eigenvalue weighted by Gasteiger charge is -2.16. The lowest BCUT2D eigenvalue weighted by Crippen LogP contribution is -2.28. The van der Waals surface area contributed by atoms with E-state index in [1.54, 1.807) is 37.4 Å². The van der Waals surface area contributed by atoms with Crippen LogP contribution in [0.25, 0.3) is 0 Å². The summed E-state index contributed by atoms with van der Waals surface area (Å²) >= 11 is 5.86. The number of hydrogen-bond donors (Lipinski definition) is 1. The number of carbonyl (C=O) groups excluding carboxylic acids is 2.